The van der Waals surface area contributed by atoms with Crippen molar-refractivity contribution in [3.05, 3.63) is 67.9 Å². The fourth-order valence-corrected chi connectivity index (χ4v) is 3.26. The Morgan fingerprint density at radius 2 is 1.61 bits per heavy atom. The lowest BCUT2D eigenvalue weighted by Crippen LogP contribution is -2.25. The molecule has 0 aliphatic carbocycles. The number of nitrogens with one attached hydrogen (secondary N) is 1. The number of anilines is 1. The third-order valence-corrected chi connectivity index (χ3v) is 5.08. The van der Waals surface area contributed by atoms with Gasteiger partial charge in [0.25, 0.3) is 5.91 Å². The summed E-state index contributed by atoms with van der Waals surface area (Å²) in [6.45, 7) is 5.09. The number of carbonyl (C=O) groups excluding carboxylic acids is 1. The van der Waals surface area contributed by atoms with E-state index >= 15 is 0 Å². The van der Waals surface area contributed by atoms with E-state index in [0.717, 1.165) is 9.36 Å². The van der Waals surface area contributed by atoms with E-state index in [1.165, 1.54) is 33.8 Å². The molecule has 2 aromatic heterocycles. The zero-order valence-corrected chi connectivity index (χ0v) is 17.7. The van der Waals surface area contributed by atoms with Gasteiger partial charge in [0.15, 0.2) is 23.3 Å². The maximum Gasteiger partial charge on any atom is 0.390 e. The minimum Gasteiger partial charge on any atom is -0.358 e. The van der Waals surface area contributed by atoms with E-state index < -0.39 is 63.9 Å². The molecule has 0 fully saturated rings. The quantitative estimate of drug-likeness (QED) is 0.193. The van der Waals surface area contributed by atoms with Crippen molar-refractivity contribution in [1.29, 1.82) is 0 Å². The van der Waals surface area contributed by atoms with Gasteiger partial charge in [-0.15, -0.1) is 0 Å². The highest BCUT2D eigenvalue weighted by Crippen LogP contribution is 2.27. The summed E-state index contributed by atoms with van der Waals surface area (Å²) >= 11 is 0. The molecule has 1 atom stereocenters. The first-order valence-electron chi connectivity index (χ1n) is 9.40. The lowest BCUT2D eigenvalue weighted by molar-refractivity contribution is -0.389. The molecule has 0 saturated carbocycles. The van der Waals surface area contributed by atoms with Crippen LogP contribution >= 0.6 is 0 Å². The number of carbonyl (C=O) groups is 1. The van der Waals surface area contributed by atoms with E-state index in [2.05, 4.69) is 15.5 Å². The zero-order valence-electron chi connectivity index (χ0n) is 17.7. The Kier molecular flexibility index (Phi) is 6.20. The van der Waals surface area contributed by atoms with Gasteiger partial charge in [-0.25, -0.2) is 22.0 Å². The third kappa shape index (κ3) is 4.15. The molecule has 33 heavy (non-hydrogen) atoms. The van der Waals surface area contributed by atoms with Crippen molar-refractivity contribution in [3.8, 4) is 0 Å². The molecule has 1 aromatic carbocycles. The number of nitro groups is 1. The molecule has 0 spiro atoms. The van der Waals surface area contributed by atoms with Gasteiger partial charge in [0.2, 0.25) is 5.82 Å². The van der Waals surface area contributed by atoms with E-state index in [9.17, 15) is 36.9 Å². The molecule has 1 unspecified atom stereocenters. The van der Waals surface area contributed by atoms with Gasteiger partial charge in [-0.05, 0) is 32.6 Å². The van der Waals surface area contributed by atoms with Crippen LogP contribution in [0.15, 0.2) is 6.07 Å². The number of aryl methyl sites for hydroxylation is 2. The number of amides is 1. The van der Waals surface area contributed by atoms with Crippen molar-refractivity contribution >= 4 is 17.4 Å². The molecule has 0 aliphatic heterocycles. The minimum absolute atomic E-state index is 0.148. The van der Waals surface area contributed by atoms with Crippen LogP contribution in [0.3, 0.4) is 0 Å². The second-order valence-corrected chi connectivity index (χ2v) is 7.26. The van der Waals surface area contributed by atoms with Gasteiger partial charge in [-0.3, -0.25) is 9.48 Å². The molecular weight excluding hydrogens is 455 g/mol. The first-order chi connectivity index (χ1) is 15.3. The molecule has 1 amide bonds. The number of halogens is 5. The predicted molar refractivity (Wildman–Crippen MR) is 104 cm³/mol. The van der Waals surface area contributed by atoms with Gasteiger partial charge < -0.3 is 15.4 Å². The van der Waals surface area contributed by atoms with Crippen molar-refractivity contribution in [3.63, 3.8) is 0 Å². The van der Waals surface area contributed by atoms with E-state index in [4.69, 9.17) is 0 Å². The van der Waals surface area contributed by atoms with Crippen molar-refractivity contribution in [2.24, 2.45) is 0 Å². The van der Waals surface area contributed by atoms with Gasteiger partial charge in [0.1, 0.15) is 6.04 Å². The van der Waals surface area contributed by atoms with Gasteiger partial charge >= 0.3 is 5.82 Å². The summed E-state index contributed by atoms with van der Waals surface area (Å²) in [6.07, 6.45) is 0. The molecular formula is C19H17F5N6O3. The summed E-state index contributed by atoms with van der Waals surface area (Å²) in [5.74, 6) is -11.4. The van der Waals surface area contributed by atoms with Crippen LogP contribution in [0.5, 0.6) is 0 Å². The lowest BCUT2D eigenvalue weighted by Gasteiger charge is -2.12. The number of rotatable bonds is 6. The Morgan fingerprint density at radius 3 is 2.12 bits per heavy atom. The highest BCUT2D eigenvalue weighted by molar-refractivity contribution is 5.94. The van der Waals surface area contributed by atoms with E-state index in [-0.39, 0.29) is 17.1 Å². The van der Waals surface area contributed by atoms with Gasteiger partial charge in [0.05, 0.1) is 46.0 Å². The Bertz CT molecular complexity index is 1260. The average molecular weight is 472 g/mol. The number of hydrogen-bond acceptors (Lipinski definition) is 5. The normalized spacial score (nSPS) is 12.2. The fourth-order valence-electron chi connectivity index (χ4n) is 3.26. The summed E-state index contributed by atoms with van der Waals surface area (Å²) in [6, 6.07) is 0.221. The average Bonchev–Trinajstić information content (AvgIpc) is 3.28. The van der Waals surface area contributed by atoms with E-state index in [1.54, 1.807) is 0 Å². The maximum absolute atomic E-state index is 14.0. The summed E-state index contributed by atoms with van der Waals surface area (Å²) in [5, 5.41) is 21.2. The Balaban J connectivity index is 1.89. The van der Waals surface area contributed by atoms with Crippen LogP contribution in [0.4, 0.5) is 33.5 Å². The molecule has 9 nitrogen and oxygen atoms in total. The molecule has 0 aliphatic rings. The highest BCUT2D eigenvalue weighted by Gasteiger charge is 2.28. The number of aromatic nitrogens is 4. The van der Waals surface area contributed by atoms with Crippen LogP contribution in [0.1, 0.15) is 35.6 Å². The Labute approximate surface area is 183 Å². The van der Waals surface area contributed by atoms with Crippen molar-refractivity contribution in [1.82, 2.24) is 19.6 Å². The topological polar surface area (TPSA) is 108 Å². The number of hydrogen-bond donors (Lipinski definition) is 1. The monoisotopic (exact) mass is 472 g/mol. The Morgan fingerprint density at radius 1 is 1.06 bits per heavy atom. The van der Waals surface area contributed by atoms with Gasteiger partial charge in [-0.2, -0.15) is 9.78 Å². The second kappa shape index (κ2) is 8.60. The second-order valence-electron chi connectivity index (χ2n) is 7.26. The molecule has 2 heterocycles. The van der Waals surface area contributed by atoms with Gasteiger partial charge in [0, 0.05) is 0 Å². The zero-order chi connectivity index (χ0) is 24.8. The third-order valence-electron chi connectivity index (χ3n) is 5.08. The lowest BCUT2D eigenvalue weighted by atomic mass is 10.1. The molecule has 0 saturated heterocycles. The standard InChI is InChI=1S/C19H17F5N6O3/c1-7-5-12(30(32)33)27-29(7)10(4)19(31)25-18-8(2)26-28(9(18)3)6-11-13(20)15(22)17(24)16(23)14(11)21/h5,10H,6H2,1-4H3,(H,25,31). The van der Waals surface area contributed by atoms with Crippen molar-refractivity contribution in [2.45, 2.75) is 40.3 Å². The molecule has 3 rings (SSSR count). The highest BCUT2D eigenvalue weighted by atomic mass is 19.2. The minimum atomic E-state index is -2.27. The van der Waals surface area contributed by atoms with E-state index in [0.29, 0.717) is 5.69 Å². The number of nitrogens with zero attached hydrogens (tertiary/aromatic N) is 5. The van der Waals surface area contributed by atoms with Crippen LogP contribution in [0.25, 0.3) is 0 Å². The largest absolute Gasteiger partial charge is 0.390 e. The number of benzene rings is 1. The molecule has 3 aromatic rings. The molecule has 0 radical (unpaired) electrons. The maximum atomic E-state index is 14.0. The summed E-state index contributed by atoms with van der Waals surface area (Å²) in [4.78, 5) is 22.9. The molecule has 1 N–H and O–H groups in total. The van der Waals surface area contributed by atoms with Gasteiger partial charge in [-0.1, -0.05) is 0 Å². The molecule has 176 valence electrons. The first kappa shape index (κ1) is 23.8. The van der Waals surface area contributed by atoms with Crippen molar-refractivity contribution < 1.29 is 31.7 Å². The van der Waals surface area contributed by atoms with Crippen LogP contribution in [-0.2, 0) is 11.3 Å². The van der Waals surface area contributed by atoms with Crippen LogP contribution in [-0.4, -0.2) is 30.4 Å². The summed E-state index contributed by atoms with van der Waals surface area (Å²) < 4.78 is 70.5. The fraction of sp³-hybridized carbons (Fsp3) is 0.316. The summed E-state index contributed by atoms with van der Waals surface area (Å²) in [5.41, 5.74) is -0.183. The molecule has 0 bridgehead atoms. The summed E-state index contributed by atoms with van der Waals surface area (Å²) in [7, 11) is 0. The smallest absolute Gasteiger partial charge is 0.358 e. The Hall–Kier alpha value is -3.84. The van der Waals surface area contributed by atoms with Crippen LogP contribution in [0, 0.1) is 60.0 Å². The van der Waals surface area contributed by atoms with Crippen LogP contribution in [0.2, 0.25) is 0 Å². The van der Waals surface area contributed by atoms with Crippen molar-refractivity contribution in [2.75, 3.05) is 5.32 Å². The first-order valence-corrected chi connectivity index (χ1v) is 9.40. The SMILES string of the molecule is Cc1nn(Cc2c(F)c(F)c(F)c(F)c2F)c(C)c1NC(=O)C(C)n1nc([N+](=O)[O-])cc1C. The predicted octanol–water partition coefficient (Wildman–Crippen LogP) is 3.86. The van der Waals surface area contributed by atoms with Crippen LogP contribution < -0.4 is 5.32 Å². The van der Waals surface area contributed by atoms with E-state index in [1.807, 2.05) is 0 Å². The molecule has 14 heteroatoms.